The molecular formula is C16H22BrNO. The van der Waals surface area contributed by atoms with Crippen molar-refractivity contribution in [1.82, 2.24) is 5.32 Å². The SMILES string of the molecule is Cc1ccc(C(=O)NCC2(C)CCCCC2)c(Br)c1. The number of carbonyl (C=O) groups is 1. The lowest BCUT2D eigenvalue weighted by Crippen LogP contribution is -2.37. The lowest BCUT2D eigenvalue weighted by Gasteiger charge is -2.33. The Balaban J connectivity index is 1.97. The highest BCUT2D eigenvalue weighted by Crippen LogP contribution is 2.35. The molecular weight excluding hydrogens is 302 g/mol. The number of carbonyl (C=O) groups excluding carboxylic acids is 1. The Bertz CT molecular complexity index is 464. The van der Waals surface area contributed by atoms with Crippen LogP contribution < -0.4 is 5.32 Å². The van der Waals surface area contributed by atoms with Crippen molar-refractivity contribution in [3.05, 3.63) is 33.8 Å². The van der Waals surface area contributed by atoms with Crippen molar-refractivity contribution >= 4 is 21.8 Å². The van der Waals surface area contributed by atoms with Crippen LogP contribution in [0.2, 0.25) is 0 Å². The van der Waals surface area contributed by atoms with Gasteiger partial charge < -0.3 is 5.32 Å². The Kier molecular flexibility index (Phi) is 4.67. The molecule has 0 bridgehead atoms. The van der Waals surface area contributed by atoms with Crippen LogP contribution in [-0.2, 0) is 0 Å². The predicted molar refractivity (Wildman–Crippen MR) is 82.4 cm³/mol. The molecule has 1 aliphatic carbocycles. The van der Waals surface area contributed by atoms with E-state index in [1.807, 2.05) is 25.1 Å². The number of amides is 1. The maximum absolute atomic E-state index is 12.2. The lowest BCUT2D eigenvalue weighted by molar-refractivity contribution is 0.0918. The van der Waals surface area contributed by atoms with E-state index in [1.165, 1.54) is 32.1 Å². The van der Waals surface area contributed by atoms with Crippen LogP contribution in [0.15, 0.2) is 22.7 Å². The highest BCUT2D eigenvalue weighted by Gasteiger charge is 2.27. The minimum absolute atomic E-state index is 0.0265. The van der Waals surface area contributed by atoms with E-state index in [2.05, 4.69) is 28.2 Å². The van der Waals surface area contributed by atoms with E-state index in [9.17, 15) is 4.79 Å². The molecule has 1 saturated carbocycles. The first-order chi connectivity index (χ1) is 9.00. The van der Waals surface area contributed by atoms with Gasteiger partial charge in [-0.1, -0.05) is 32.3 Å². The van der Waals surface area contributed by atoms with Gasteiger partial charge >= 0.3 is 0 Å². The van der Waals surface area contributed by atoms with Crippen molar-refractivity contribution in [2.45, 2.75) is 46.0 Å². The standard InChI is InChI=1S/C16H22BrNO/c1-12-6-7-13(14(17)10-12)15(19)18-11-16(2)8-4-3-5-9-16/h6-7,10H,3-5,8-9,11H2,1-2H3,(H,18,19). The fourth-order valence-electron chi connectivity index (χ4n) is 2.78. The van der Waals surface area contributed by atoms with Gasteiger partial charge in [0.05, 0.1) is 5.56 Å². The second kappa shape index (κ2) is 6.08. The highest BCUT2D eigenvalue weighted by atomic mass is 79.9. The third-order valence-electron chi connectivity index (χ3n) is 4.11. The molecule has 2 rings (SSSR count). The van der Waals surface area contributed by atoms with Crippen LogP contribution in [0.4, 0.5) is 0 Å². The van der Waals surface area contributed by atoms with Crippen molar-refractivity contribution in [3.63, 3.8) is 0 Å². The van der Waals surface area contributed by atoms with Crippen molar-refractivity contribution in [3.8, 4) is 0 Å². The van der Waals surface area contributed by atoms with Crippen molar-refractivity contribution in [2.24, 2.45) is 5.41 Å². The van der Waals surface area contributed by atoms with Gasteiger partial charge in [-0.15, -0.1) is 0 Å². The minimum atomic E-state index is 0.0265. The summed E-state index contributed by atoms with van der Waals surface area (Å²) in [6.45, 7) is 5.10. The third kappa shape index (κ3) is 3.82. The number of hydrogen-bond donors (Lipinski definition) is 1. The maximum Gasteiger partial charge on any atom is 0.252 e. The Morgan fingerprint density at radius 3 is 2.63 bits per heavy atom. The molecule has 104 valence electrons. The van der Waals surface area contributed by atoms with Gasteiger partial charge in [-0.25, -0.2) is 0 Å². The van der Waals surface area contributed by atoms with Crippen LogP contribution in [0.5, 0.6) is 0 Å². The van der Waals surface area contributed by atoms with Gasteiger partial charge in [0, 0.05) is 11.0 Å². The van der Waals surface area contributed by atoms with Gasteiger partial charge in [0.2, 0.25) is 0 Å². The zero-order chi connectivity index (χ0) is 13.9. The van der Waals surface area contributed by atoms with E-state index in [0.717, 1.165) is 22.1 Å². The van der Waals surface area contributed by atoms with Gasteiger partial charge in [0.25, 0.3) is 5.91 Å². The summed E-state index contributed by atoms with van der Waals surface area (Å²) >= 11 is 3.47. The van der Waals surface area contributed by atoms with Gasteiger partial charge in [-0.2, -0.15) is 0 Å². The summed E-state index contributed by atoms with van der Waals surface area (Å²) in [6.07, 6.45) is 6.37. The summed E-state index contributed by atoms with van der Waals surface area (Å²) in [4.78, 5) is 12.2. The molecule has 1 aliphatic rings. The molecule has 0 radical (unpaired) electrons. The molecule has 1 N–H and O–H groups in total. The zero-order valence-corrected chi connectivity index (χ0v) is 13.3. The highest BCUT2D eigenvalue weighted by molar-refractivity contribution is 9.10. The van der Waals surface area contributed by atoms with Crippen molar-refractivity contribution < 1.29 is 4.79 Å². The monoisotopic (exact) mass is 323 g/mol. The van der Waals surface area contributed by atoms with E-state index < -0.39 is 0 Å². The molecule has 0 heterocycles. The topological polar surface area (TPSA) is 29.1 Å². The predicted octanol–water partition coefficient (Wildman–Crippen LogP) is 4.46. The average Bonchev–Trinajstić information content (AvgIpc) is 2.37. The van der Waals surface area contributed by atoms with Gasteiger partial charge in [-0.05, 0) is 58.8 Å². The molecule has 1 aromatic rings. The number of benzene rings is 1. The summed E-state index contributed by atoms with van der Waals surface area (Å²) in [6, 6.07) is 5.84. The molecule has 19 heavy (non-hydrogen) atoms. The first kappa shape index (κ1) is 14.6. The number of hydrogen-bond acceptors (Lipinski definition) is 1. The molecule has 0 spiro atoms. The van der Waals surface area contributed by atoms with E-state index in [4.69, 9.17) is 0 Å². The van der Waals surface area contributed by atoms with Crippen LogP contribution >= 0.6 is 15.9 Å². The minimum Gasteiger partial charge on any atom is -0.351 e. The smallest absolute Gasteiger partial charge is 0.252 e. The van der Waals surface area contributed by atoms with E-state index in [-0.39, 0.29) is 11.3 Å². The van der Waals surface area contributed by atoms with Crippen LogP contribution in [0, 0.1) is 12.3 Å². The van der Waals surface area contributed by atoms with Crippen LogP contribution in [-0.4, -0.2) is 12.5 Å². The number of aryl methyl sites for hydroxylation is 1. The van der Waals surface area contributed by atoms with Crippen LogP contribution in [0.3, 0.4) is 0 Å². The van der Waals surface area contributed by atoms with E-state index in [0.29, 0.717) is 0 Å². The molecule has 1 fully saturated rings. The molecule has 0 atom stereocenters. The largest absolute Gasteiger partial charge is 0.351 e. The van der Waals surface area contributed by atoms with Crippen molar-refractivity contribution in [1.29, 1.82) is 0 Å². The van der Waals surface area contributed by atoms with Gasteiger partial charge in [0.1, 0.15) is 0 Å². The summed E-state index contributed by atoms with van der Waals surface area (Å²) in [5.74, 6) is 0.0265. The lowest BCUT2D eigenvalue weighted by atomic mass is 9.76. The van der Waals surface area contributed by atoms with Crippen LogP contribution in [0.25, 0.3) is 0 Å². The molecule has 0 aliphatic heterocycles. The molecule has 1 amide bonds. The summed E-state index contributed by atoms with van der Waals surface area (Å²) in [5, 5.41) is 3.10. The molecule has 0 unspecified atom stereocenters. The second-order valence-corrected chi connectivity index (χ2v) is 6.89. The summed E-state index contributed by atoms with van der Waals surface area (Å²) in [5.41, 5.74) is 2.16. The molecule has 0 saturated heterocycles. The van der Waals surface area contributed by atoms with Crippen LogP contribution in [0.1, 0.15) is 54.9 Å². The quantitative estimate of drug-likeness (QED) is 0.874. The van der Waals surface area contributed by atoms with Gasteiger partial charge in [-0.3, -0.25) is 4.79 Å². The van der Waals surface area contributed by atoms with E-state index in [1.54, 1.807) is 0 Å². The first-order valence-electron chi connectivity index (χ1n) is 7.05. The normalized spacial score (nSPS) is 18.1. The zero-order valence-electron chi connectivity index (χ0n) is 11.8. The molecule has 2 nitrogen and oxygen atoms in total. The molecule has 0 aromatic heterocycles. The van der Waals surface area contributed by atoms with Gasteiger partial charge in [0.15, 0.2) is 0 Å². The second-order valence-electron chi connectivity index (χ2n) is 6.04. The third-order valence-corrected chi connectivity index (χ3v) is 4.76. The summed E-state index contributed by atoms with van der Waals surface area (Å²) in [7, 11) is 0. The Hall–Kier alpha value is -0.830. The number of nitrogens with one attached hydrogen (secondary N) is 1. The average molecular weight is 324 g/mol. The summed E-state index contributed by atoms with van der Waals surface area (Å²) < 4.78 is 0.874. The Labute approximate surface area is 124 Å². The Morgan fingerprint density at radius 1 is 1.32 bits per heavy atom. The first-order valence-corrected chi connectivity index (χ1v) is 7.84. The maximum atomic E-state index is 12.2. The molecule has 1 aromatic carbocycles. The fourth-order valence-corrected chi connectivity index (χ4v) is 3.45. The molecule has 3 heteroatoms. The van der Waals surface area contributed by atoms with Crippen molar-refractivity contribution in [2.75, 3.05) is 6.54 Å². The fraction of sp³-hybridized carbons (Fsp3) is 0.562. The Morgan fingerprint density at radius 2 is 2.00 bits per heavy atom. The van der Waals surface area contributed by atoms with E-state index >= 15 is 0 Å². The number of rotatable bonds is 3. The number of halogens is 1.